The lowest BCUT2D eigenvalue weighted by Gasteiger charge is -2.24. The van der Waals surface area contributed by atoms with Gasteiger partial charge in [0.1, 0.15) is 5.41 Å². The van der Waals surface area contributed by atoms with E-state index in [1.807, 2.05) is 6.07 Å². The van der Waals surface area contributed by atoms with E-state index in [2.05, 4.69) is 32.0 Å². The first-order chi connectivity index (χ1) is 8.77. The van der Waals surface area contributed by atoms with Gasteiger partial charge in [0, 0.05) is 13.6 Å². The first-order valence-electron chi connectivity index (χ1n) is 6.51. The minimum atomic E-state index is -0.946. The Morgan fingerprint density at radius 3 is 2.47 bits per heavy atom. The molecular formula is C16H22N2O. The molecule has 1 amide bonds. The summed E-state index contributed by atoms with van der Waals surface area (Å²) in [4.78, 5) is 13.7. The predicted octanol–water partition coefficient (Wildman–Crippen LogP) is 2.85. The van der Waals surface area contributed by atoms with Gasteiger partial charge in [-0.15, -0.1) is 0 Å². The van der Waals surface area contributed by atoms with E-state index < -0.39 is 5.41 Å². The standard InChI is InChI=1S/C16H22N2O/c1-12-6-7-14(10-13(12)2)8-9-18(5)15(19)16(3,4)11-17/h6-7,10H,8-9H2,1-5H3. The number of hydrogen-bond acceptors (Lipinski definition) is 2. The molecule has 0 spiro atoms. The Morgan fingerprint density at radius 1 is 1.32 bits per heavy atom. The molecule has 3 nitrogen and oxygen atoms in total. The Kier molecular flexibility index (Phi) is 4.72. The van der Waals surface area contributed by atoms with Gasteiger partial charge in [0.2, 0.25) is 5.91 Å². The molecule has 0 aromatic heterocycles. The van der Waals surface area contributed by atoms with E-state index in [-0.39, 0.29) is 5.91 Å². The number of likely N-dealkylation sites (N-methyl/N-ethyl adjacent to an activating group) is 1. The zero-order valence-electron chi connectivity index (χ0n) is 12.4. The maximum atomic E-state index is 12.0. The number of amides is 1. The summed E-state index contributed by atoms with van der Waals surface area (Å²) in [6.45, 7) is 8.12. The van der Waals surface area contributed by atoms with Crippen LogP contribution in [0.3, 0.4) is 0 Å². The van der Waals surface area contributed by atoms with E-state index in [4.69, 9.17) is 5.26 Å². The number of carbonyl (C=O) groups is 1. The van der Waals surface area contributed by atoms with Crippen molar-refractivity contribution in [1.29, 1.82) is 5.26 Å². The molecule has 0 unspecified atom stereocenters. The molecular weight excluding hydrogens is 236 g/mol. The molecule has 1 aromatic carbocycles. The highest BCUT2D eigenvalue weighted by atomic mass is 16.2. The highest BCUT2D eigenvalue weighted by Gasteiger charge is 2.29. The number of rotatable bonds is 4. The molecule has 102 valence electrons. The smallest absolute Gasteiger partial charge is 0.242 e. The van der Waals surface area contributed by atoms with E-state index in [0.29, 0.717) is 6.54 Å². The largest absolute Gasteiger partial charge is 0.344 e. The van der Waals surface area contributed by atoms with Crippen LogP contribution in [-0.2, 0) is 11.2 Å². The second-order valence-electron chi connectivity index (χ2n) is 5.63. The summed E-state index contributed by atoms with van der Waals surface area (Å²) < 4.78 is 0. The summed E-state index contributed by atoms with van der Waals surface area (Å²) >= 11 is 0. The third kappa shape index (κ3) is 3.82. The zero-order chi connectivity index (χ0) is 14.6. The van der Waals surface area contributed by atoms with Crippen molar-refractivity contribution in [3.8, 4) is 6.07 Å². The van der Waals surface area contributed by atoms with Crippen molar-refractivity contribution in [2.75, 3.05) is 13.6 Å². The van der Waals surface area contributed by atoms with E-state index in [0.717, 1.165) is 6.42 Å². The Morgan fingerprint density at radius 2 is 1.95 bits per heavy atom. The summed E-state index contributed by atoms with van der Waals surface area (Å²) in [7, 11) is 1.75. The van der Waals surface area contributed by atoms with Gasteiger partial charge in [0.15, 0.2) is 0 Å². The molecule has 0 aliphatic rings. The molecule has 0 atom stereocenters. The van der Waals surface area contributed by atoms with E-state index >= 15 is 0 Å². The van der Waals surface area contributed by atoms with Crippen molar-refractivity contribution in [3.05, 3.63) is 34.9 Å². The summed E-state index contributed by atoms with van der Waals surface area (Å²) in [5.74, 6) is -0.126. The van der Waals surface area contributed by atoms with Crippen molar-refractivity contribution in [2.24, 2.45) is 5.41 Å². The number of hydrogen-bond donors (Lipinski definition) is 0. The van der Waals surface area contributed by atoms with Gasteiger partial charge in [-0.25, -0.2) is 0 Å². The fourth-order valence-electron chi connectivity index (χ4n) is 1.88. The average molecular weight is 258 g/mol. The molecule has 0 N–H and O–H groups in total. The van der Waals surface area contributed by atoms with Crippen LogP contribution in [0.2, 0.25) is 0 Å². The second kappa shape index (κ2) is 5.88. The summed E-state index contributed by atoms with van der Waals surface area (Å²) in [5, 5.41) is 8.97. The molecule has 0 aliphatic carbocycles. The zero-order valence-corrected chi connectivity index (χ0v) is 12.4. The van der Waals surface area contributed by atoms with Gasteiger partial charge in [-0.1, -0.05) is 18.2 Å². The van der Waals surface area contributed by atoms with E-state index in [1.165, 1.54) is 16.7 Å². The lowest BCUT2D eigenvalue weighted by atomic mass is 9.94. The molecule has 0 heterocycles. The van der Waals surface area contributed by atoms with Crippen molar-refractivity contribution in [3.63, 3.8) is 0 Å². The Labute approximate surface area is 115 Å². The van der Waals surface area contributed by atoms with Crippen molar-refractivity contribution in [1.82, 2.24) is 4.90 Å². The number of nitrogens with zero attached hydrogens (tertiary/aromatic N) is 2. The van der Waals surface area contributed by atoms with Crippen LogP contribution in [0.15, 0.2) is 18.2 Å². The quantitative estimate of drug-likeness (QED) is 0.833. The number of nitriles is 1. The summed E-state index contributed by atoms with van der Waals surface area (Å²) in [5.41, 5.74) is 2.82. The number of carbonyl (C=O) groups excluding carboxylic acids is 1. The predicted molar refractivity (Wildman–Crippen MR) is 76.7 cm³/mol. The Bertz CT molecular complexity index is 512. The summed E-state index contributed by atoms with van der Waals surface area (Å²) in [6, 6.07) is 8.40. The van der Waals surface area contributed by atoms with Crippen LogP contribution in [0.1, 0.15) is 30.5 Å². The maximum absolute atomic E-state index is 12.0. The van der Waals surface area contributed by atoms with Crippen LogP contribution in [0.4, 0.5) is 0 Å². The molecule has 3 heteroatoms. The molecule has 0 bridgehead atoms. The topological polar surface area (TPSA) is 44.1 Å². The van der Waals surface area contributed by atoms with Crippen molar-refractivity contribution in [2.45, 2.75) is 34.1 Å². The summed E-state index contributed by atoms with van der Waals surface area (Å²) in [6.07, 6.45) is 0.810. The molecule has 19 heavy (non-hydrogen) atoms. The van der Waals surface area contributed by atoms with Gasteiger partial charge in [-0.3, -0.25) is 4.79 Å². The molecule has 0 saturated heterocycles. The van der Waals surface area contributed by atoms with Gasteiger partial charge in [-0.2, -0.15) is 5.26 Å². The minimum Gasteiger partial charge on any atom is -0.344 e. The molecule has 0 aliphatic heterocycles. The van der Waals surface area contributed by atoms with Gasteiger partial charge < -0.3 is 4.90 Å². The Balaban J connectivity index is 2.64. The molecule has 0 saturated carbocycles. The van der Waals surface area contributed by atoms with Crippen LogP contribution in [0.25, 0.3) is 0 Å². The van der Waals surface area contributed by atoms with Gasteiger partial charge in [-0.05, 0) is 50.8 Å². The van der Waals surface area contributed by atoms with Crippen molar-refractivity contribution < 1.29 is 4.79 Å². The van der Waals surface area contributed by atoms with Crippen LogP contribution in [0.5, 0.6) is 0 Å². The van der Waals surface area contributed by atoms with Crippen LogP contribution >= 0.6 is 0 Å². The van der Waals surface area contributed by atoms with Crippen LogP contribution < -0.4 is 0 Å². The minimum absolute atomic E-state index is 0.126. The SMILES string of the molecule is Cc1ccc(CCN(C)C(=O)C(C)(C)C#N)cc1C. The monoisotopic (exact) mass is 258 g/mol. The molecule has 1 rings (SSSR count). The highest BCUT2D eigenvalue weighted by Crippen LogP contribution is 2.17. The maximum Gasteiger partial charge on any atom is 0.242 e. The first-order valence-corrected chi connectivity index (χ1v) is 6.51. The molecule has 0 fully saturated rings. The molecule has 1 aromatic rings. The van der Waals surface area contributed by atoms with Crippen LogP contribution in [-0.4, -0.2) is 24.4 Å². The van der Waals surface area contributed by atoms with Gasteiger partial charge in [0.25, 0.3) is 0 Å². The Hall–Kier alpha value is -1.82. The molecule has 0 radical (unpaired) electrons. The number of aryl methyl sites for hydroxylation is 2. The van der Waals surface area contributed by atoms with Gasteiger partial charge in [0.05, 0.1) is 6.07 Å². The van der Waals surface area contributed by atoms with E-state index in [1.54, 1.807) is 25.8 Å². The highest BCUT2D eigenvalue weighted by molar-refractivity contribution is 5.84. The second-order valence-corrected chi connectivity index (χ2v) is 5.63. The van der Waals surface area contributed by atoms with Crippen molar-refractivity contribution >= 4 is 5.91 Å². The third-order valence-corrected chi connectivity index (χ3v) is 3.47. The fourth-order valence-corrected chi connectivity index (χ4v) is 1.88. The first kappa shape index (κ1) is 15.2. The average Bonchev–Trinajstić information content (AvgIpc) is 2.38. The number of benzene rings is 1. The van der Waals surface area contributed by atoms with Gasteiger partial charge >= 0.3 is 0 Å². The van der Waals surface area contributed by atoms with E-state index in [9.17, 15) is 4.79 Å². The third-order valence-electron chi connectivity index (χ3n) is 3.47. The fraction of sp³-hybridized carbons (Fsp3) is 0.500. The van der Waals surface area contributed by atoms with Crippen LogP contribution in [0, 0.1) is 30.6 Å². The lowest BCUT2D eigenvalue weighted by molar-refractivity contribution is -0.136. The normalized spacial score (nSPS) is 10.9. The lowest BCUT2D eigenvalue weighted by Crippen LogP contribution is -2.38.